The molecule has 0 radical (unpaired) electrons. The molecule has 0 unspecified atom stereocenters. The second-order valence-corrected chi connectivity index (χ2v) is 6.72. The number of hydrogen-bond donors (Lipinski definition) is 0. The quantitative estimate of drug-likeness (QED) is 0.806. The summed E-state index contributed by atoms with van der Waals surface area (Å²) >= 11 is 0. The highest BCUT2D eigenvalue weighted by Crippen LogP contribution is 2.17. The summed E-state index contributed by atoms with van der Waals surface area (Å²) < 4.78 is 10.2. The summed E-state index contributed by atoms with van der Waals surface area (Å²) in [4.78, 5) is 28.7. The van der Waals surface area contributed by atoms with Gasteiger partial charge in [-0.05, 0) is 38.0 Å². The van der Waals surface area contributed by atoms with Crippen LogP contribution in [0.25, 0.3) is 0 Å². The van der Waals surface area contributed by atoms with E-state index in [4.69, 9.17) is 9.26 Å². The van der Waals surface area contributed by atoms with Crippen molar-refractivity contribution < 1.29 is 18.8 Å². The first-order valence-electron chi connectivity index (χ1n) is 9.12. The number of aryl methyl sites for hydroxylation is 3. The average molecular weight is 371 g/mol. The van der Waals surface area contributed by atoms with Gasteiger partial charge in [-0.2, -0.15) is 0 Å². The first kappa shape index (κ1) is 18.9. The molecule has 2 heterocycles. The number of hydrogen-bond acceptors (Lipinski definition) is 5. The van der Waals surface area contributed by atoms with E-state index in [1.54, 1.807) is 25.9 Å². The maximum Gasteiger partial charge on any atom is 0.259 e. The number of aromatic nitrogens is 1. The smallest absolute Gasteiger partial charge is 0.259 e. The highest BCUT2D eigenvalue weighted by molar-refractivity contribution is 5.96. The van der Waals surface area contributed by atoms with E-state index in [-0.39, 0.29) is 11.8 Å². The zero-order chi connectivity index (χ0) is 19.4. The number of ether oxygens (including phenoxy) is 1. The molecule has 0 saturated carbocycles. The van der Waals surface area contributed by atoms with Gasteiger partial charge >= 0.3 is 0 Å². The maximum atomic E-state index is 12.7. The minimum Gasteiger partial charge on any atom is -0.497 e. The standard InChI is InChI=1S/C20H25N3O4/c1-14-19(15(2)27-21-14)20(25)23-12-10-22(11-13-23)18(24)9-6-16-4-7-17(26-3)8-5-16/h4-5,7-8H,6,9-13H2,1-3H3. The summed E-state index contributed by atoms with van der Waals surface area (Å²) in [6, 6.07) is 7.76. The second kappa shape index (κ2) is 8.24. The fraction of sp³-hybridized carbons (Fsp3) is 0.450. The molecule has 1 aliphatic heterocycles. The normalized spacial score (nSPS) is 14.3. The van der Waals surface area contributed by atoms with Crippen LogP contribution in [-0.2, 0) is 11.2 Å². The van der Waals surface area contributed by atoms with Gasteiger partial charge in [0.1, 0.15) is 17.1 Å². The Morgan fingerprint density at radius 2 is 1.70 bits per heavy atom. The van der Waals surface area contributed by atoms with Gasteiger partial charge < -0.3 is 19.1 Å². The summed E-state index contributed by atoms with van der Waals surface area (Å²) in [5.74, 6) is 1.39. The van der Waals surface area contributed by atoms with Crippen LogP contribution < -0.4 is 4.74 Å². The summed E-state index contributed by atoms with van der Waals surface area (Å²) in [6.45, 7) is 5.66. The van der Waals surface area contributed by atoms with Crippen LogP contribution >= 0.6 is 0 Å². The van der Waals surface area contributed by atoms with Crippen molar-refractivity contribution >= 4 is 11.8 Å². The van der Waals surface area contributed by atoms with Crippen LogP contribution in [0.2, 0.25) is 0 Å². The molecule has 2 amide bonds. The van der Waals surface area contributed by atoms with Crippen molar-refractivity contribution in [3.8, 4) is 5.75 Å². The van der Waals surface area contributed by atoms with Gasteiger partial charge in [-0.1, -0.05) is 17.3 Å². The molecule has 144 valence electrons. The molecular weight excluding hydrogens is 346 g/mol. The molecule has 0 spiro atoms. The van der Waals surface area contributed by atoms with Crippen LogP contribution in [0.15, 0.2) is 28.8 Å². The molecule has 0 N–H and O–H groups in total. The van der Waals surface area contributed by atoms with Crippen molar-refractivity contribution in [3.05, 3.63) is 46.8 Å². The predicted octanol–water partition coefficient (Wildman–Crippen LogP) is 2.22. The Hall–Kier alpha value is -2.83. The molecule has 1 aromatic heterocycles. The van der Waals surface area contributed by atoms with Crippen molar-refractivity contribution in [2.24, 2.45) is 0 Å². The van der Waals surface area contributed by atoms with Gasteiger partial charge in [0.15, 0.2) is 0 Å². The number of piperazine rings is 1. The third-order valence-electron chi connectivity index (χ3n) is 4.95. The summed E-state index contributed by atoms with van der Waals surface area (Å²) in [5.41, 5.74) is 2.25. The second-order valence-electron chi connectivity index (χ2n) is 6.72. The third kappa shape index (κ3) is 4.30. The summed E-state index contributed by atoms with van der Waals surface area (Å²) in [7, 11) is 1.63. The fourth-order valence-corrected chi connectivity index (χ4v) is 3.31. The number of carbonyl (C=O) groups is 2. The lowest BCUT2D eigenvalue weighted by Crippen LogP contribution is -2.50. The molecule has 1 aromatic carbocycles. The van der Waals surface area contributed by atoms with E-state index in [1.165, 1.54) is 0 Å². The molecule has 1 fully saturated rings. The van der Waals surface area contributed by atoms with Crippen molar-refractivity contribution in [2.45, 2.75) is 26.7 Å². The first-order chi connectivity index (χ1) is 13.0. The van der Waals surface area contributed by atoms with E-state index >= 15 is 0 Å². The van der Waals surface area contributed by atoms with Gasteiger partial charge in [0.25, 0.3) is 5.91 Å². The monoisotopic (exact) mass is 371 g/mol. The molecular formula is C20H25N3O4. The fourth-order valence-electron chi connectivity index (χ4n) is 3.31. The van der Waals surface area contributed by atoms with Crippen molar-refractivity contribution in [2.75, 3.05) is 33.3 Å². The molecule has 2 aromatic rings. The zero-order valence-corrected chi connectivity index (χ0v) is 16.0. The molecule has 0 atom stereocenters. The number of methoxy groups -OCH3 is 1. The van der Waals surface area contributed by atoms with Crippen LogP contribution in [0.1, 0.15) is 33.8 Å². The van der Waals surface area contributed by atoms with E-state index in [1.807, 2.05) is 29.2 Å². The summed E-state index contributed by atoms with van der Waals surface area (Å²) in [5, 5.41) is 3.84. The van der Waals surface area contributed by atoms with Crippen molar-refractivity contribution in [1.82, 2.24) is 15.0 Å². The van der Waals surface area contributed by atoms with Crippen LogP contribution in [0.3, 0.4) is 0 Å². The Balaban J connectivity index is 1.49. The minimum absolute atomic E-state index is 0.0726. The van der Waals surface area contributed by atoms with Gasteiger partial charge in [0.05, 0.1) is 12.8 Å². The average Bonchev–Trinajstić information content (AvgIpc) is 3.04. The topological polar surface area (TPSA) is 75.9 Å². The predicted molar refractivity (Wildman–Crippen MR) is 99.8 cm³/mol. The minimum atomic E-state index is -0.0726. The number of benzene rings is 1. The van der Waals surface area contributed by atoms with Gasteiger partial charge in [0, 0.05) is 32.6 Å². The lowest BCUT2D eigenvalue weighted by Gasteiger charge is -2.34. The molecule has 27 heavy (non-hydrogen) atoms. The highest BCUT2D eigenvalue weighted by Gasteiger charge is 2.28. The largest absolute Gasteiger partial charge is 0.497 e. The molecule has 1 aliphatic rings. The van der Waals surface area contributed by atoms with E-state index in [9.17, 15) is 9.59 Å². The molecule has 0 bridgehead atoms. The summed E-state index contributed by atoms with van der Waals surface area (Å²) in [6.07, 6.45) is 1.16. The van der Waals surface area contributed by atoms with Gasteiger partial charge in [-0.25, -0.2) is 0 Å². The number of rotatable bonds is 5. The van der Waals surface area contributed by atoms with E-state index in [0.717, 1.165) is 11.3 Å². The lowest BCUT2D eigenvalue weighted by molar-refractivity contribution is -0.132. The van der Waals surface area contributed by atoms with E-state index in [0.29, 0.717) is 56.0 Å². The van der Waals surface area contributed by atoms with Gasteiger partial charge in [-0.3, -0.25) is 9.59 Å². The Labute approximate surface area is 158 Å². The Bertz CT molecular complexity index is 786. The van der Waals surface area contributed by atoms with Crippen molar-refractivity contribution in [1.29, 1.82) is 0 Å². The van der Waals surface area contributed by atoms with Gasteiger partial charge in [-0.15, -0.1) is 0 Å². The number of carbonyl (C=O) groups excluding carboxylic acids is 2. The van der Waals surface area contributed by atoms with Crippen LogP contribution in [0, 0.1) is 13.8 Å². The number of nitrogens with zero attached hydrogens (tertiary/aromatic N) is 3. The van der Waals surface area contributed by atoms with Crippen LogP contribution in [0.5, 0.6) is 5.75 Å². The maximum absolute atomic E-state index is 12.7. The van der Waals surface area contributed by atoms with E-state index in [2.05, 4.69) is 5.16 Å². The molecule has 7 nitrogen and oxygen atoms in total. The molecule has 7 heteroatoms. The number of amides is 2. The van der Waals surface area contributed by atoms with Crippen molar-refractivity contribution in [3.63, 3.8) is 0 Å². The lowest BCUT2D eigenvalue weighted by atomic mass is 10.1. The third-order valence-corrected chi connectivity index (χ3v) is 4.95. The zero-order valence-electron chi connectivity index (χ0n) is 16.0. The Kier molecular flexibility index (Phi) is 5.78. The molecule has 0 aliphatic carbocycles. The van der Waals surface area contributed by atoms with Crippen LogP contribution in [-0.4, -0.2) is 60.1 Å². The van der Waals surface area contributed by atoms with E-state index < -0.39 is 0 Å². The van der Waals surface area contributed by atoms with Crippen LogP contribution in [0.4, 0.5) is 0 Å². The molecule has 3 rings (SSSR count). The highest BCUT2D eigenvalue weighted by atomic mass is 16.5. The first-order valence-corrected chi connectivity index (χ1v) is 9.12. The molecule has 1 saturated heterocycles. The van der Waals surface area contributed by atoms with Gasteiger partial charge in [0.2, 0.25) is 5.91 Å². The Morgan fingerprint density at radius 3 is 2.26 bits per heavy atom. The Morgan fingerprint density at radius 1 is 1.07 bits per heavy atom. The SMILES string of the molecule is COc1ccc(CCC(=O)N2CCN(C(=O)c3c(C)noc3C)CC2)cc1.